The maximum Gasteiger partial charge on any atom is 0.122 e. The lowest BCUT2D eigenvalue weighted by Crippen LogP contribution is -2.19. The molecule has 0 fully saturated rings. The predicted molar refractivity (Wildman–Crippen MR) is 68.0 cm³/mol. The molecule has 0 aliphatic carbocycles. The summed E-state index contributed by atoms with van der Waals surface area (Å²) < 4.78 is 6.14. The summed E-state index contributed by atoms with van der Waals surface area (Å²) in [5.74, 6) is 0.817. The maximum atomic E-state index is 9.17. The largest absolute Gasteiger partial charge is 0.468 e. The van der Waals surface area contributed by atoms with Crippen LogP contribution < -0.4 is 5.32 Å². The van der Waals surface area contributed by atoms with Gasteiger partial charge in [0, 0.05) is 4.47 Å². The van der Waals surface area contributed by atoms with Gasteiger partial charge in [-0.1, -0.05) is 34.1 Å². The van der Waals surface area contributed by atoms with Crippen molar-refractivity contribution in [2.75, 3.05) is 0 Å². The molecule has 0 aliphatic rings. The summed E-state index contributed by atoms with van der Waals surface area (Å²) in [4.78, 5) is 0. The first-order valence-electron chi connectivity index (χ1n) is 5.21. The van der Waals surface area contributed by atoms with Crippen molar-refractivity contribution in [3.05, 3.63) is 58.5 Å². The van der Waals surface area contributed by atoms with E-state index in [0.29, 0.717) is 6.54 Å². The number of nitrogens with one attached hydrogen (secondary N) is 1. The van der Waals surface area contributed by atoms with Crippen molar-refractivity contribution >= 4 is 15.9 Å². The molecule has 4 heteroatoms. The number of furan rings is 1. The Balaban J connectivity index is 2.08. The molecule has 0 spiro atoms. The fourth-order valence-corrected chi connectivity index (χ4v) is 2.06. The van der Waals surface area contributed by atoms with Crippen LogP contribution in [0.3, 0.4) is 0 Å². The summed E-state index contributed by atoms with van der Waals surface area (Å²) in [5, 5.41) is 12.3. The van der Waals surface area contributed by atoms with Crippen LogP contribution in [0.1, 0.15) is 17.4 Å². The van der Waals surface area contributed by atoms with Crippen molar-refractivity contribution < 1.29 is 4.42 Å². The Morgan fingerprint density at radius 2 is 2.12 bits per heavy atom. The van der Waals surface area contributed by atoms with Gasteiger partial charge in [-0.15, -0.1) is 0 Å². The molecule has 0 saturated heterocycles. The van der Waals surface area contributed by atoms with Gasteiger partial charge in [-0.05, 0) is 23.8 Å². The Morgan fingerprint density at radius 3 is 2.76 bits per heavy atom. The van der Waals surface area contributed by atoms with Crippen molar-refractivity contribution in [2.24, 2.45) is 0 Å². The average molecular weight is 291 g/mol. The van der Waals surface area contributed by atoms with Gasteiger partial charge >= 0.3 is 0 Å². The van der Waals surface area contributed by atoms with Crippen LogP contribution in [0.2, 0.25) is 0 Å². The first-order valence-corrected chi connectivity index (χ1v) is 6.00. The van der Waals surface area contributed by atoms with E-state index in [4.69, 9.17) is 9.68 Å². The van der Waals surface area contributed by atoms with Crippen molar-refractivity contribution in [1.29, 1.82) is 5.26 Å². The number of rotatable bonds is 4. The van der Waals surface area contributed by atoms with Crippen LogP contribution in [0.25, 0.3) is 0 Å². The third-order valence-corrected chi connectivity index (χ3v) is 3.13. The van der Waals surface area contributed by atoms with Crippen LogP contribution in [0.15, 0.2) is 51.6 Å². The zero-order chi connectivity index (χ0) is 12.1. The summed E-state index contributed by atoms with van der Waals surface area (Å²) in [7, 11) is 0. The molecular formula is C13H11BrN2O. The first kappa shape index (κ1) is 11.9. The molecule has 86 valence electrons. The van der Waals surface area contributed by atoms with Gasteiger partial charge in [0.15, 0.2) is 0 Å². The zero-order valence-electron chi connectivity index (χ0n) is 9.06. The molecular weight excluding hydrogens is 280 g/mol. The molecule has 1 N–H and O–H groups in total. The van der Waals surface area contributed by atoms with Gasteiger partial charge in [0.25, 0.3) is 0 Å². The summed E-state index contributed by atoms with van der Waals surface area (Å²) >= 11 is 3.44. The van der Waals surface area contributed by atoms with Gasteiger partial charge in [0.05, 0.1) is 18.9 Å². The zero-order valence-corrected chi connectivity index (χ0v) is 10.6. The van der Waals surface area contributed by atoms with E-state index in [1.54, 1.807) is 6.26 Å². The number of nitriles is 1. The van der Waals surface area contributed by atoms with E-state index in [0.717, 1.165) is 15.8 Å². The minimum Gasteiger partial charge on any atom is -0.468 e. The molecule has 1 aromatic carbocycles. The van der Waals surface area contributed by atoms with Gasteiger partial charge < -0.3 is 4.42 Å². The molecule has 1 aromatic heterocycles. The Morgan fingerprint density at radius 1 is 1.29 bits per heavy atom. The van der Waals surface area contributed by atoms with Crippen LogP contribution in [0.5, 0.6) is 0 Å². The number of hydrogen-bond donors (Lipinski definition) is 1. The Labute approximate surface area is 108 Å². The standard InChI is InChI=1S/C13H11BrN2O/c14-12-6-2-1-5-11(12)13(8-15)16-9-10-4-3-7-17-10/h1-7,13,16H,9H2. The van der Waals surface area contributed by atoms with Crippen LogP contribution >= 0.6 is 15.9 Å². The molecule has 0 aliphatic heterocycles. The van der Waals surface area contributed by atoms with E-state index < -0.39 is 0 Å². The topological polar surface area (TPSA) is 49.0 Å². The van der Waals surface area contributed by atoms with E-state index in [9.17, 15) is 0 Å². The fourth-order valence-electron chi connectivity index (χ4n) is 1.55. The van der Waals surface area contributed by atoms with Crippen LogP contribution in [-0.4, -0.2) is 0 Å². The highest BCUT2D eigenvalue weighted by Gasteiger charge is 2.12. The lowest BCUT2D eigenvalue weighted by atomic mass is 10.1. The van der Waals surface area contributed by atoms with E-state index in [2.05, 4.69) is 27.3 Å². The van der Waals surface area contributed by atoms with Gasteiger partial charge in [-0.25, -0.2) is 0 Å². The highest BCUT2D eigenvalue weighted by Crippen LogP contribution is 2.22. The number of halogens is 1. The summed E-state index contributed by atoms with van der Waals surface area (Å²) in [6.45, 7) is 0.534. The third-order valence-electron chi connectivity index (χ3n) is 2.41. The highest BCUT2D eigenvalue weighted by molar-refractivity contribution is 9.10. The van der Waals surface area contributed by atoms with Crippen molar-refractivity contribution in [1.82, 2.24) is 5.32 Å². The second-order valence-electron chi connectivity index (χ2n) is 3.54. The first-order chi connectivity index (χ1) is 8.31. The average Bonchev–Trinajstić information content (AvgIpc) is 2.85. The van der Waals surface area contributed by atoms with E-state index >= 15 is 0 Å². The highest BCUT2D eigenvalue weighted by atomic mass is 79.9. The van der Waals surface area contributed by atoms with Crippen LogP contribution in [-0.2, 0) is 6.54 Å². The molecule has 2 aromatic rings. The van der Waals surface area contributed by atoms with Crippen LogP contribution in [0.4, 0.5) is 0 Å². The summed E-state index contributed by atoms with van der Waals surface area (Å²) in [5.41, 5.74) is 0.932. The van der Waals surface area contributed by atoms with Gasteiger partial charge in [-0.2, -0.15) is 5.26 Å². The van der Waals surface area contributed by atoms with Crippen LogP contribution in [0, 0.1) is 11.3 Å². The quantitative estimate of drug-likeness (QED) is 0.939. The number of hydrogen-bond acceptors (Lipinski definition) is 3. The fraction of sp³-hybridized carbons (Fsp3) is 0.154. The minimum absolute atomic E-state index is 0.351. The molecule has 3 nitrogen and oxygen atoms in total. The van der Waals surface area contributed by atoms with Gasteiger partial charge in [-0.3, -0.25) is 5.32 Å². The Bertz CT molecular complexity index is 516. The lowest BCUT2D eigenvalue weighted by molar-refractivity contribution is 0.473. The molecule has 0 amide bonds. The second-order valence-corrected chi connectivity index (χ2v) is 4.40. The molecule has 0 radical (unpaired) electrons. The molecule has 1 atom stereocenters. The molecule has 1 heterocycles. The molecule has 17 heavy (non-hydrogen) atoms. The molecule has 1 unspecified atom stereocenters. The van der Waals surface area contributed by atoms with Crippen molar-refractivity contribution in [3.8, 4) is 6.07 Å². The van der Waals surface area contributed by atoms with Gasteiger partial charge in [0.1, 0.15) is 11.8 Å². The number of nitrogens with zero attached hydrogens (tertiary/aromatic N) is 1. The normalized spacial score (nSPS) is 12.0. The van der Waals surface area contributed by atoms with Crippen molar-refractivity contribution in [2.45, 2.75) is 12.6 Å². The Kier molecular flexibility index (Phi) is 3.97. The van der Waals surface area contributed by atoms with E-state index in [1.165, 1.54) is 0 Å². The van der Waals surface area contributed by atoms with E-state index in [-0.39, 0.29) is 6.04 Å². The predicted octanol–water partition coefficient (Wildman–Crippen LogP) is 3.40. The SMILES string of the molecule is N#CC(NCc1ccco1)c1ccccc1Br. The maximum absolute atomic E-state index is 9.17. The smallest absolute Gasteiger partial charge is 0.122 e. The van der Waals surface area contributed by atoms with E-state index in [1.807, 2.05) is 36.4 Å². The molecule has 0 bridgehead atoms. The molecule has 2 rings (SSSR count). The Hall–Kier alpha value is -1.57. The summed E-state index contributed by atoms with van der Waals surface area (Å²) in [6, 6.07) is 13.3. The monoisotopic (exact) mass is 290 g/mol. The van der Waals surface area contributed by atoms with Gasteiger partial charge in [0.2, 0.25) is 0 Å². The molecule has 0 saturated carbocycles. The third kappa shape index (κ3) is 2.96. The lowest BCUT2D eigenvalue weighted by Gasteiger charge is -2.12. The van der Waals surface area contributed by atoms with Crippen molar-refractivity contribution in [3.63, 3.8) is 0 Å². The minimum atomic E-state index is -0.351. The summed E-state index contributed by atoms with van der Waals surface area (Å²) in [6.07, 6.45) is 1.62. The second kappa shape index (κ2) is 5.67. The number of benzene rings is 1.